The fraction of sp³-hybridized carbons (Fsp3) is 0.0435. The summed E-state index contributed by atoms with van der Waals surface area (Å²) in [4.78, 5) is 0. The summed E-state index contributed by atoms with van der Waals surface area (Å²) in [5.41, 5.74) is 5.24. The first-order valence-electron chi connectivity index (χ1n) is 8.55. The monoisotopic (exact) mass is 337 g/mol. The Kier molecular flexibility index (Phi) is 2.48. The van der Waals surface area contributed by atoms with E-state index in [9.17, 15) is 0 Å². The Bertz CT molecular complexity index is 1430. The molecule has 0 bridgehead atoms. The zero-order valence-corrected chi connectivity index (χ0v) is 14.6. The lowest BCUT2D eigenvalue weighted by Gasteiger charge is -2.10. The number of hydrogen-bond donors (Lipinski definition) is 0. The molecule has 6 aromatic rings. The number of aryl methyl sites for hydroxylation is 1. The number of rotatable bonds is 0. The summed E-state index contributed by atoms with van der Waals surface area (Å²) in [6, 6.07) is 26.7. The average Bonchev–Trinajstić information content (AvgIpc) is 3.18. The Morgan fingerprint density at radius 3 is 2.32 bits per heavy atom. The third-order valence-corrected chi connectivity index (χ3v) is 6.32. The molecular formula is C23H15NS. The second kappa shape index (κ2) is 4.62. The van der Waals surface area contributed by atoms with E-state index in [1.807, 2.05) is 11.3 Å². The lowest BCUT2D eigenvalue weighted by Crippen LogP contribution is -1.91. The number of nitrogens with zero attached hydrogens (tertiary/aromatic N) is 1. The first-order valence-corrected chi connectivity index (χ1v) is 9.37. The summed E-state index contributed by atoms with van der Waals surface area (Å²) in [5.74, 6) is 0. The molecule has 0 aliphatic carbocycles. The third-order valence-electron chi connectivity index (χ3n) is 5.21. The van der Waals surface area contributed by atoms with Crippen molar-refractivity contribution in [2.75, 3.05) is 0 Å². The molecule has 0 radical (unpaired) electrons. The molecule has 0 N–H and O–H groups in total. The van der Waals surface area contributed by atoms with Crippen LogP contribution >= 0.6 is 11.3 Å². The van der Waals surface area contributed by atoms with E-state index in [4.69, 9.17) is 0 Å². The van der Waals surface area contributed by atoms with E-state index < -0.39 is 0 Å². The molecule has 1 nitrogen and oxygen atoms in total. The Hall–Kier alpha value is -2.84. The summed E-state index contributed by atoms with van der Waals surface area (Å²) in [6.07, 6.45) is 0. The van der Waals surface area contributed by atoms with Gasteiger partial charge in [-0.3, -0.25) is 0 Å². The fourth-order valence-electron chi connectivity index (χ4n) is 4.14. The van der Waals surface area contributed by atoms with Crippen molar-refractivity contribution >= 4 is 58.8 Å². The van der Waals surface area contributed by atoms with Crippen molar-refractivity contribution in [2.45, 2.75) is 6.92 Å². The maximum absolute atomic E-state index is 2.46. The second-order valence-electron chi connectivity index (χ2n) is 6.74. The standard InChI is InChI=1S/C23H15NS/c1-14-10-11-16-18(12-14)15-6-2-4-8-19(15)24-20(16)13-22-23(24)17-7-3-5-9-21(17)25-22/h2-13H,1H3. The van der Waals surface area contributed by atoms with Crippen molar-refractivity contribution in [1.29, 1.82) is 0 Å². The van der Waals surface area contributed by atoms with Crippen LogP contribution < -0.4 is 0 Å². The molecule has 25 heavy (non-hydrogen) atoms. The molecule has 0 fully saturated rings. The number of hydrogen-bond acceptors (Lipinski definition) is 1. The van der Waals surface area contributed by atoms with Crippen molar-refractivity contribution in [3.8, 4) is 0 Å². The second-order valence-corrected chi connectivity index (χ2v) is 7.83. The van der Waals surface area contributed by atoms with Crippen molar-refractivity contribution in [3.05, 3.63) is 78.4 Å². The molecule has 0 saturated heterocycles. The molecule has 0 aliphatic heterocycles. The molecule has 118 valence electrons. The van der Waals surface area contributed by atoms with Gasteiger partial charge in [0.25, 0.3) is 0 Å². The van der Waals surface area contributed by atoms with Gasteiger partial charge in [-0.15, -0.1) is 11.3 Å². The van der Waals surface area contributed by atoms with Gasteiger partial charge in [-0.05, 0) is 30.5 Å². The first kappa shape index (κ1) is 13.5. The largest absolute Gasteiger partial charge is 0.307 e. The summed E-state index contributed by atoms with van der Waals surface area (Å²) < 4.78 is 5.18. The van der Waals surface area contributed by atoms with Gasteiger partial charge in [-0.2, -0.15) is 0 Å². The zero-order valence-electron chi connectivity index (χ0n) is 13.8. The highest BCUT2D eigenvalue weighted by atomic mass is 32.1. The number of fused-ring (bicyclic) bond motifs is 10. The highest BCUT2D eigenvalue weighted by molar-refractivity contribution is 7.25. The lowest BCUT2D eigenvalue weighted by molar-refractivity contribution is 1.36. The molecule has 0 aliphatic rings. The van der Waals surface area contributed by atoms with E-state index in [1.165, 1.54) is 53.1 Å². The minimum Gasteiger partial charge on any atom is -0.307 e. The number of benzene rings is 3. The zero-order chi connectivity index (χ0) is 16.5. The molecule has 2 heteroatoms. The van der Waals surface area contributed by atoms with E-state index in [0.29, 0.717) is 0 Å². The van der Waals surface area contributed by atoms with Crippen LogP contribution in [-0.4, -0.2) is 4.40 Å². The lowest BCUT2D eigenvalue weighted by atomic mass is 10.0. The van der Waals surface area contributed by atoms with E-state index in [1.54, 1.807) is 0 Å². The van der Waals surface area contributed by atoms with Crippen molar-refractivity contribution < 1.29 is 0 Å². The Balaban J connectivity index is 2.02. The maximum Gasteiger partial charge on any atom is 0.0721 e. The van der Waals surface area contributed by atoms with Crippen LogP contribution in [0.4, 0.5) is 0 Å². The summed E-state index contributed by atoms with van der Waals surface area (Å²) in [5, 5.41) is 5.34. The SMILES string of the molecule is Cc1ccc2c(c1)c1ccccc1n1c2cc2sc3ccccc3c21. The van der Waals surface area contributed by atoms with Crippen LogP contribution in [0.5, 0.6) is 0 Å². The number of thiophene rings is 1. The fourth-order valence-corrected chi connectivity index (χ4v) is 5.26. The maximum atomic E-state index is 2.46. The van der Waals surface area contributed by atoms with Gasteiger partial charge in [0, 0.05) is 20.9 Å². The van der Waals surface area contributed by atoms with Crippen molar-refractivity contribution in [2.24, 2.45) is 0 Å². The van der Waals surface area contributed by atoms with Gasteiger partial charge < -0.3 is 4.40 Å². The normalized spacial score (nSPS) is 12.2. The van der Waals surface area contributed by atoms with Gasteiger partial charge in [-0.1, -0.05) is 60.2 Å². The minimum absolute atomic E-state index is 1.29. The molecule has 0 saturated carbocycles. The Morgan fingerprint density at radius 1 is 0.640 bits per heavy atom. The topological polar surface area (TPSA) is 4.41 Å². The molecule has 6 rings (SSSR count). The van der Waals surface area contributed by atoms with Gasteiger partial charge in [0.15, 0.2) is 0 Å². The van der Waals surface area contributed by atoms with Gasteiger partial charge in [-0.25, -0.2) is 0 Å². The van der Waals surface area contributed by atoms with E-state index >= 15 is 0 Å². The van der Waals surface area contributed by atoms with Crippen LogP contribution in [0.25, 0.3) is 47.5 Å². The van der Waals surface area contributed by atoms with Gasteiger partial charge in [0.2, 0.25) is 0 Å². The van der Waals surface area contributed by atoms with Crippen molar-refractivity contribution in [3.63, 3.8) is 0 Å². The number of aromatic nitrogens is 1. The van der Waals surface area contributed by atoms with Gasteiger partial charge in [0.1, 0.15) is 0 Å². The van der Waals surface area contributed by atoms with E-state index in [2.05, 4.69) is 84.1 Å². The van der Waals surface area contributed by atoms with Crippen LogP contribution in [-0.2, 0) is 0 Å². The quantitative estimate of drug-likeness (QED) is 0.265. The third kappa shape index (κ3) is 1.67. The van der Waals surface area contributed by atoms with Gasteiger partial charge >= 0.3 is 0 Å². The molecule has 0 atom stereocenters. The highest BCUT2D eigenvalue weighted by Crippen LogP contribution is 2.40. The minimum atomic E-state index is 1.29. The molecule has 3 aromatic heterocycles. The predicted octanol–water partition coefficient (Wildman–Crippen LogP) is 6.92. The summed E-state index contributed by atoms with van der Waals surface area (Å²) >= 11 is 1.89. The van der Waals surface area contributed by atoms with Crippen molar-refractivity contribution in [1.82, 2.24) is 4.40 Å². The molecule has 0 spiro atoms. The molecule has 0 amide bonds. The number of para-hydroxylation sites is 1. The van der Waals surface area contributed by atoms with Crippen LogP contribution in [0.15, 0.2) is 72.8 Å². The van der Waals surface area contributed by atoms with E-state index in [-0.39, 0.29) is 0 Å². The van der Waals surface area contributed by atoms with Crippen LogP contribution in [0.2, 0.25) is 0 Å². The Labute approximate surface area is 148 Å². The summed E-state index contributed by atoms with van der Waals surface area (Å²) in [7, 11) is 0. The van der Waals surface area contributed by atoms with Gasteiger partial charge in [0.05, 0.1) is 21.3 Å². The van der Waals surface area contributed by atoms with Crippen LogP contribution in [0.3, 0.4) is 0 Å². The molecule has 3 aromatic carbocycles. The summed E-state index contributed by atoms with van der Waals surface area (Å²) in [6.45, 7) is 2.17. The smallest absolute Gasteiger partial charge is 0.0721 e. The van der Waals surface area contributed by atoms with Crippen LogP contribution in [0.1, 0.15) is 5.56 Å². The average molecular weight is 337 g/mol. The first-order chi connectivity index (χ1) is 12.3. The molecule has 0 unspecified atom stereocenters. The number of pyridine rings is 1. The van der Waals surface area contributed by atoms with Crippen LogP contribution in [0, 0.1) is 6.92 Å². The highest BCUT2D eigenvalue weighted by Gasteiger charge is 2.15. The molecule has 3 heterocycles. The predicted molar refractivity (Wildman–Crippen MR) is 110 cm³/mol. The molecular weight excluding hydrogens is 322 g/mol. The van der Waals surface area contributed by atoms with E-state index in [0.717, 1.165) is 0 Å². The Morgan fingerprint density at radius 2 is 1.40 bits per heavy atom.